The third-order valence-corrected chi connectivity index (χ3v) is 4.14. The molecule has 1 aromatic rings. The summed E-state index contributed by atoms with van der Waals surface area (Å²) in [5.41, 5.74) is 0. The Morgan fingerprint density at radius 2 is 2.05 bits per heavy atom. The minimum absolute atomic E-state index is 0.287. The highest BCUT2D eigenvalue weighted by Gasteiger charge is 2.18. The van der Waals surface area contributed by atoms with Crippen LogP contribution in [0.15, 0.2) is 6.07 Å². The average molecular weight is 297 g/mol. The maximum atomic E-state index is 6.04. The zero-order valence-electron chi connectivity index (χ0n) is 12.7. The van der Waals surface area contributed by atoms with Gasteiger partial charge < -0.3 is 10.2 Å². The first-order valence-corrected chi connectivity index (χ1v) is 7.92. The molecule has 5 heteroatoms. The molecule has 4 nitrogen and oxygen atoms in total. The van der Waals surface area contributed by atoms with Crippen LogP contribution in [0.5, 0.6) is 0 Å². The molecule has 0 unspecified atom stereocenters. The number of anilines is 1. The maximum absolute atomic E-state index is 6.04. The molecule has 0 amide bonds. The molecule has 1 aliphatic rings. The van der Waals surface area contributed by atoms with Gasteiger partial charge in [-0.3, -0.25) is 0 Å². The van der Waals surface area contributed by atoms with Gasteiger partial charge >= 0.3 is 0 Å². The molecule has 1 heterocycles. The van der Waals surface area contributed by atoms with Crippen molar-refractivity contribution in [1.29, 1.82) is 0 Å². The quantitative estimate of drug-likeness (QED) is 0.815. The lowest BCUT2D eigenvalue weighted by Gasteiger charge is -2.24. The second kappa shape index (κ2) is 7.23. The van der Waals surface area contributed by atoms with Crippen LogP contribution in [-0.2, 0) is 0 Å². The van der Waals surface area contributed by atoms with E-state index in [2.05, 4.69) is 41.1 Å². The number of rotatable bonds is 6. The molecule has 1 N–H and O–H groups in total. The average Bonchev–Trinajstić information content (AvgIpc) is 2.91. The largest absolute Gasteiger partial charge is 0.369 e. The lowest BCUT2D eigenvalue weighted by Crippen LogP contribution is -2.33. The lowest BCUT2D eigenvalue weighted by molar-refractivity contribution is 0.254. The minimum Gasteiger partial charge on any atom is -0.369 e. The number of hydrogen-bond acceptors (Lipinski definition) is 4. The van der Waals surface area contributed by atoms with Gasteiger partial charge in [-0.15, -0.1) is 0 Å². The Balaban J connectivity index is 1.84. The first-order chi connectivity index (χ1) is 9.56. The van der Waals surface area contributed by atoms with Gasteiger partial charge in [-0.2, -0.15) is 0 Å². The van der Waals surface area contributed by atoms with E-state index in [9.17, 15) is 0 Å². The molecule has 0 aromatic carbocycles. The van der Waals surface area contributed by atoms with E-state index in [0.717, 1.165) is 30.8 Å². The van der Waals surface area contributed by atoms with E-state index in [0.29, 0.717) is 5.15 Å². The van der Waals surface area contributed by atoms with Crippen LogP contribution in [0.4, 0.5) is 5.82 Å². The van der Waals surface area contributed by atoms with Crippen molar-refractivity contribution in [2.75, 3.05) is 25.5 Å². The highest BCUT2D eigenvalue weighted by atomic mass is 35.5. The normalized spacial score (nSPS) is 16.3. The van der Waals surface area contributed by atoms with Gasteiger partial charge in [0.1, 0.15) is 16.8 Å². The molecule has 112 valence electrons. The molecular weight excluding hydrogens is 272 g/mol. The predicted octanol–water partition coefficient (Wildman–Crippen LogP) is 3.54. The highest BCUT2D eigenvalue weighted by molar-refractivity contribution is 6.29. The fraction of sp³-hybridized carbons (Fsp3) is 0.733. The van der Waals surface area contributed by atoms with Crippen LogP contribution in [0.3, 0.4) is 0 Å². The van der Waals surface area contributed by atoms with E-state index >= 15 is 0 Å². The van der Waals surface area contributed by atoms with Crippen molar-refractivity contribution in [3.63, 3.8) is 0 Å². The molecule has 0 bridgehead atoms. The maximum Gasteiger partial charge on any atom is 0.135 e. The Bertz CT molecular complexity index is 430. The summed E-state index contributed by atoms with van der Waals surface area (Å²) in [6.07, 6.45) is 5.43. The van der Waals surface area contributed by atoms with Crippen molar-refractivity contribution in [1.82, 2.24) is 14.9 Å². The summed E-state index contributed by atoms with van der Waals surface area (Å²) in [4.78, 5) is 11.2. The van der Waals surface area contributed by atoms with Crippen LogP contribution in [0.2, 0.25) is 5.15 Å². The second-order valence-electron chi connectivity index (χ2n) is 5.93. The lowest BCUT2D eigenvalue weighted by atomic mass is 10.2. The molecule has 1 fully saturated rings. The number of nitrogens with zero attached hydrogens (tertiary/aromatic N) is 3. The molecule has 0 atom stereocenters. The van der Waals surface area contributed by atoms with Gasteiger partial charge in [0.05, 0.1) is 0 Å². The van der Waals surface area contributed by atoms with Crippen LogP contribution in [0.1, 0.15) is 51.3 Å². The summed E-state index contributed by atoms with van der Waals surface area (Å²) in [6, 6.07) is 2.56. The number of likely N-dealkylation sites (N-methyl/N-ethyl adjacent to an activating group) is 1. The zero-order chi connectivity index (χ0) is 14.5. The second-order valence-corrected chi connectivity index (χ2v) is 6.32. The van der Waals surface area contributed by atoms with Crippen molar-refractivity contribution in [3.8, 4) is 0 Å². The Kier molecular flexibility index (Phi) is 5.61. The van der Waals surface area contributed by atoms with E-state index in [-0.39, 0.29) is 5.92 Å². The summed E-state index contributed by atoms with van der Waals surface area (Å²) in [7, 11) is 2.21. The van der Waals surface area contributed by atoms with Crippen LogP contribution >= 0.6 is 11.6 Å². The Labute approximate surface area is 126 Å². The van der Waals surface area contributed by atoms with Gasteiger partial charge in [-0.1, -0.05) is 38.3 Å². The Morgan fingerprint density at radius 3 is 2.70 bits per heavy atom. The topological polar surface area (TPSA) is 41.1 Å². The molecule has 1 aromatic heterocycles. The number of hydrogen-bond donors (Lipinski definition) is 1. The fourth-order valence-corrected chi connectivity index (χ4v) is 2.86. The van der Waals surface area contributed by atoms with E-state index in [1.54, 1.807) is 6.07 Å². The molecule has 1 saturated carbocycles. The van der Waals surface area contributed by atoms with Crippen molar-refractivity contribution in [2.45, 2.75) is 51.5 Å². The first-order valence-electron chi connectivity index (χ1n) is 7.55. The van der Waals surface area contributed by atoms with Crippen molar-refractivity contribution in [2.24, 2.45) is 0 Å². The number of nitrogens with one attached hydrogen (secondary N) is 1. The van der Waals surface area contributed by atoms with Crippen molar-refractivity contribution in [3.05, 3.63) is 17.0 Å². The summed E-state index contributed by atoms with van der Waals surface area (Å²) in [5.74, 6) is 1.91. The van der Waals surface area contributed by atoms with E-state index in [1.807, 2.05) is 0 Å². The van der Waals surface area contributed by atoms with Gasteiger partial charge in [0.2, 0.25) is 0 Å². The van der Waals surface area contributed by atoms with Crippen molar-refractivity contribution < 1.29 is 0 Å². The molecule has 1 aliphatic carbocycles. The van der Waals surface area contributed by atoms with Crippen molar-refractivity contribution >= 4 is 17.4 Å². The molecule has 0 radical (unpaired) electrons. The first kappa shape index (κ1) is 15.5. The molecule has 2 rings (SSSR count). The zero-order valence-corrected chi connectivity index (χ0v) is 13.5. The summed E-state index contributed by atoms with van der Waals surface area (Å²) in [5, 5.41) is 3.87. The van der Waals surface area contributed by atoms with Gasteiger partial charge in [-0.25, -0.2) is 9.97 Å². The molecule has 0 spiro atoms. The molecule has 0 saturated heterocycles. The van der Waals surface area contributed by atoms with Gasteiger partial charge in [0.15, 0.2) is 0 Å². The summed E-state index contributed by atoms with van der Waals surface area (Å²) in [6.45, 7) is 6.06. The Hall–Kier alpha value is -0.870. The van der Waals surface area contributed by atoms with Crippen LogP contribution in [0.25, 0.3) is 0 Å². The number of halogens is 1. The van der Waals surface area contributed by atoms with Crippen LogP contribution in [0, 0.1) is 0 Å². The van der Waals surface area contributed by atoms with Gasteiger partial charge in [0.25, 0.3) is 0 Å². The SMILES string of the molecule is CC(C)c1nc(Cl)cc(NCCN(C)C2CCCC2)n1. The standard InChI is InChI=1S/C15H25ClN4/c1-11(2)15-18-13(16)10-14(19-15)17-8-9-20(3)12-6-4-5-7-12/h10-12H,4-9H2,1-3H3,(H,17,18,19). The summed E-state index contributed by atoms with van der Waals surface area (Å²) < 4.78 is 0. The fourth-order valence-electron chi connectivity index (χ4n) is 2.67. The molecular formula is C15H25ClN4. The third kappa shape index (κ3) is 4.32. The summed E-state index contributed by atoms with van der Waals surface area (Å²) >= 11 is 6.04. The number of aromatic nitrogens is 2. The van der Waals surface area contributed by atoms with E-state index in [4.69, 9.17) is 11.6 Å². The predicted molar refractivity (Wildman–Crippen MR) is 84.5 cm³/mol. The van der Waals surface area contributed by atoms with Crippen LogP contribution < -0.4 is 5.32 Å². The highest BCUT2D eigenvalue weighted by Crippen LogP contribution is 2.22. The smallest absolute Gasteiger partial charge is 0.135 e. The van der Waals surface area contributed by atoms with Gasteiger partial charge in [-0.05, 0) is 19.9 Å². The molecule has 0 aliphatic heterocycles. The monoisotopic (exact) mass is 296 g/mol. The van der Waals surface area contributed by atoms with Gasteiger partial charge in [0, 0.05) is 31.1 Å². The van der Waals surface area contributed by atoms with E-state index in [1.165, 1.54) is 25.7 Å². The van der Waals surface area contributed by atoms with Crippen LogP contribution in [-0.4, -0.2) is 41.0 Å². The molecule has 20 heavy (non-hydrogen) atoms. The van der Waals surface area contributed by atoms with E-state index < -0.39 is 0 Å². The minimum atomic E-state index is 0.287. The third-order valence-electron chi connectivity index (χ3n) is 3.95. The Morgan fingerprint density at radius 1 is 1.35 bits per heavy atom.